The zero-order chi connectivity index (χ0) is 22.6. The smallest absolute Gasteiger partial charge is 0.219 e. The highest BCUT2D eigenvalue weighted by Crippen LogP contribution is 2.18. The Labute approximate surface area is 174 Å². The molecule has 168 valence electrons. The van der Waals surface area contributed by atoms with Crippen molar-refractivity contribution in [2.45, 2.75) is 113 Å². The van der Waals surface area contributed by atoms with Crippen LogP contribution in [0.5, 0.6) is 0 Å². The van der Waals surface area contributed by atoms with Gasteiger partial charge in [-0.15, -0.1) is 0 Å². The van der Waals surface area contributed by atoms with Crippen molar-refractivity contribution < 1.29 is 14.4 Å². The van der Waals surface area contributed by atoms with Gasteiger partial charge in [0.15, 0.2) is 0 Å². The van der Waals surface area contributed by atoms with Crippen LogP contribution < -0.4 is 10.6 Å². The largest absolute Gasteiger partial charge is 0.356 e. The van der Waals surface area contributed by atoms with E-state index in [0.29, 0.717) is 38.6 Å². The zero-order valence-corrected chi connectivity index (χ0v) is 20.2. The van der Waals surface area contributed by atoms with Gasteiger partial charge in [0.2, 0.25) is 5.91 Å². The molecule has 1 unspecified atom stereocenters. The third-order valence-corrected chi connectivity index (χ3v) is 4.07. The number of rotatable bonds is 13. The first-order chi connectivity index (χ1) is 13.2. The molecule has 1 atom stereocenters. The van der Waals surface area contributed by atoms with Gasteiger partial charge in [-0.3, -0.25) is 14.4 Å². The van der Waals surface area contributed by atoms with Gasteiger partial charge in [-0.05, 0) is 32.2 Å². The maximum atomic E-state index is 11.8. The molecule has 0 saturated carbocycles. The summed E-state index contributed by atoms with van der Waals surface area (Å²) < 4.78 is 0. The Morgan fingerprint density at radius 2 is 1.43 bits per heavy atom. The van der Waals surface area contributed by atoms with Crippen LogP contribution in [0.2, 0.25) is 0 Å². The minimum atomic E-state index is -0.276. The Bertz CT molecular complexity index is 401. The van der Waals surface area contributed by atoms with E-state index in [1.165, 1.54) is 0 Å². The van der Waals surface area contributed by atoms with E-state index in [1.54, 1.807) is 0 Å². The van der Waals surface area contributed by atoms with Gasteiger partial charge < -0.3 is 10.6 Å². The molecule has 0 radical (unpaired) electrons. The second-order valence-corrected chi connectivity index (χ2v) is 7.30. The molecule has 0 saturated heterocycles. The number of hydrogen-bond acceptors (Lipinski definition) is 4. The van der Waals surface area contributed by atoms with Gasteiger partial charge >= 0.3 is 0 Å². The molecule has 0 heterocycles. The molecule has 5 heteroatoms. The van der Waals surface area contributed by atoms with Crippen LogP contribution in [0.15, 0.2) is 0 Å². The van der Waals surface area contributed by atoms with Crippen LogP contribution in [0.4, 0.5) is 0 Å². The summed E-state index contributed by atoms with van der Waals surface area (Å²) in [6.45, 7) is 19.0. The van der Waals surface area contributed by atoms with E-state index in [0.717, 1.165) is 19.4 Å². The molecule has 0 spiro atoms. The molecule has 2 N–H and O–H groups in total. The first kappa shape index (κ1) is 31.5. The van der Waals surface area contributed by atoms with E-state index < -0.39 is 0 Å². The van der Waals surface area contributed by atoms with E-state index in [-0.39, 0.29) is 28.9 Å². The summed E-state index contributed by atoms with van der Waals surface area (Å²) in [6, 6.07) is -0.129. The quantitative estimate of drug-likeness (QED) is 0.423. The molecule has 1 amide bonds. The van der Waals surface area contributed by atoms with Crippen LogP contribution in [0, 0.1) is 5.41 Å². The van der Waals surface area contributed by atoms with Crippen LogP contribution >= 0.6 is 0 Å². The zero-order valence-electron chi connectivity index (χ0n) is 20.2. The molecule has 0 aliphatic heterocycles. The van der Waals surface area contributed by atoms with Crippen LogP contribution in [0.3, 0.4) is 0 Å². The summed E-state index contributed by atoms with van der Waals surface area (Å²) in [5, 5.41) is 6.06. The highest BCUT2D eigenvalue weighted by molar-refractivity contribution is 5.84. The number of likely N-dealkylation sites (N-methyl/N-ethyl adjacent to an activating group) is 1. The maximum absolute atomic E-state index is 11.8. The van der Waals surface area contributed by atoms with Crippen molar-refractivity contribution in [2.24, 2.45) is 5.41 Å². The second kappa shape index (κ2) is 20.5. The van der Waals surface area contributed by atoms with Crippen LogP contribution in [0.1, 0.15) is 107 Å². The number of unbranched alkanes of at least 4 members (excludes halogenated alkanes) is 1. The van der Waals surface area contributed by atoms with Crippen LogP contribution in [-0.4, -0.2) is 36.6 Å². The normalized spacial score (nSPS) is 11.3. The summed E-state index contributed by atoms with van der Waals surface area (Å²) in [5.74, 6) is 0.501. The van der Waals surface area contributed by atoms with Gasteiger partial charge in [-0.1, -0.05) is 62.3 Å². The van der Waals surface area contributed by atoms with Crippen molar-refractivity contribution in [2.75, 3.05) is 13.1 Å². The maximum Gasteiger partial charge on any atom is 0.219 e. The van der Waals surface area contributed by atoms with Crippen molar-refractivity contribution >= 4 is 17.5 Å². The molecule has 0 bridgehead atoms. The van der Waals surface area contributed by atoms with Crippen LogP contribution in [0.25, 0.3) is 0 Å². The molecular weight excluding hydrogens is 352 g/mol. The lowest BCUT2D eigenvalue weighted by atomic mass is 9.88. The standard InChI is InChI=1S/C19H36N2O3.2C2H6/c1-6-16(22)15(20-7-2)11-10-13-18(24)21-14-9-8-12-17(23)19(3,4)5;2*1-2/h15,20H,6-14H2,1-5H3,(H,21,24);2*1-2H3. The monoisotopic (exact) mass is 400 g/mol. The lowest BCUT2D eigenvalue weighted by Crippen LogP contribution is -2.36. The molecule has 0 aromatic heterocycles. The minimum Gasteiger partial charge on any atom is -0.356 e. The Balaban J connectivity index is -0.00000146. The van der Waals surface area contributed by atoms with Crippen molar-refractivity contribution in [3.8, 4) is 0 Å². The fraction of sp³-hybridized carbons (Fsp3) is 0.870. The Morgan fingerprint density at radius 3 is 1.89 bits per heavy atom. The fourth-order valence-electron chi connectivity index (χ4n) is 2.44. The van der Waals surface area contributed by atoms with E-state index in [4.69, 9.17) is 0 Å². The van der Waals surface area contributed by atoms with Gasteiger partial charge in [-0.2, -0.15) is 0 Å². The van der Waals surface area contributed by atoms with E-state index in [1.807, 2.05) is 62.3 Å². The Morgan fingerprint density at radius 1 is 0.857 bits per heavy atom. The molecule has 0 aliphatic rings. The lowest BCUT2D eigenvalue weighted by molar-refractivity contribution is -0.126. The predicted octanol–water partition coefficient (Wildman–Crippen LogP) is 5.07. The number of nitrogens with one attached hydrogen (secondary N) is 2. The van der Waals surface area contributed by atoms with Crippen molar-refractivity contribution in [3.05, 3.63) is 0 Å². The first-order valence-electron chi connectivity index (χ1n) is 11.3. The number of carbonyl (C=O) groups excluding carboxylic acids is 3. The van der Waals surface area contributed by atoms with Crippen molar-refractivity contribution in [1.82, 2.24) is 10.6 Å². The summed E-state index contributed by atoms with van der Waals surface area (Å²) in [7, 11) is 0. The molecule has 0 aromatic rings. The number of amides is 1. The minimum absolute atomic E-state index is 0.0244. The van der Waals surface area contributed by atoms with Crippen molar-refractivity contribution in [1.29, 1.82) is 0 Å². The summed E-state index contributed by atoms with van der Waals surface area (Å²) >= 11 is 0. The molecule has 5 nitrogen and oxygen atoms in total. The summed E-state index contributed by atoms with van der Waals surface area (Å²) in [5.41, 5.74) is -0.276. The molecular formula is C23H48N2O3. The third kappa shape index (κ3) is 18.1. The average Bonchev–Trinajstić information content (AvgIpc) is 2.68. The van der Waals surface area contributed by atoms with Gasteiger partial charge in [-0.25, -0.2) is 0 Å². The van der Waals surface area contributed by atoms with Crippen molar-refractivity contribution in [3.63, 3.8) is 0 Å². The molecule has 28 heavy (non-hydrogen) atoms. The molecule has 0 fully saturated rings. The molecule has 0 rings (SSSR count). The SMILES string of the molecule is CC.CC.CCNC(CCCC(=O)NCCCCC(=O)C(C)(C)C)C(=O)CC. The fourth-order valence-corrected chi connectivity index (χ4v) is 2.44. The van der Waals surface area contributed by atoms with Gasteiger partial charge in [0.25, 0.3) is 0 Å². The Kier molecular flexibility index (Phi) is 23.0. The third-order valence-electron chi connectivity index (χ3n) is 4.07. The Hall–Kier alpha value is -1.23. The average molecular weight is 401 g/mol. The van der Waals surface area contributed by atoms with E-state index in [2.05, 4.69) is 10.6 Å². The van der Waals surface area contributed by atoms with Crippen LogP contribution in [-0.2, 0) is 14.4 Å². The first-order valence-corrected chi connectivity index (χ1v) is 11.3. The topological polar surface area (TPSA) is 75.3 Å². The predicted molar refractivity (Wildman–Crippen MR) is 121 cm³/mol. The summed E-state index contributed by atoms with van der Waals surface area (Å²) in [4.78, 5) is 35.3. The van der Waals surface area contributed by atoms with Gasteiger partial charge in [0, 0.05) is 31.2 Å². The molecule has 0 aromatic carbocycles. The van der Waals surface area contributed by atoms with Gasteiger partial charge in [0.05, 0.1) is 6.04 Å². The second-order valence-electron chi connectivity index (χ2n) is 7.30. The highest BCUT2D eigenvalue weighted by Gasteiger charge is 2.20. The number of ketones is 2. The number of Topliss-reactive ketones (excluding diaryl/α,β-unsaturated/α-hetero) is 2. The summed E-state index contributed by atoms with van der Waals surface area (Å²) in [6.07, 6.45) is 4.58. The van der Waals surface area contributed by atoms with E-state index >= 15 is 0 Å². The molecule has 0 aliphatic carbocycles. The van der Waals surface area contributed by atoms with Gasteiger partial charge in [0.1, 0.15) is 11.6 Å². The highest BCUT2D eigenvalue weighted by atomic mass is 16.1. The number of hydrogen-bond donors (Lipinski definition) is 2. The van der Waals surface area contributed by atoms with E-state index in [9.17, 15) is 14.4 Å². The number of carbonyl (C=O) groups is 3. The lowest BCUT2D eigenvalue weighted by Gasteiger charge is -2.16.